The summed E-state index contributed by atoms with van der Waals surface area (Å²) in [5.41, 5.74) is -1.09. The second kappa shape index (κ2) is 10.4. The molecule has 0 spiro atoms. The highest BCUT2D eigenvalue weighted by molar-refractivity contribution is 5.79. The van der Waals surface area contributed by atoms with Gasteiger partial charge in [-0.25, -0.2) is 4.79 Å². The minimum Gasteiger partial charge on any atom is -0.462 e. The van der Waals surface area contributed by atoms with Crippen LogP contribution in [0.25, 0.3) is 0 Å². The van der Waals surface area contributed by atoms with Gasteiger partial charge in [0.15, 0.2) is 0 Å². The highest BCUT2D eigenvalue weighted by Crippen LogP contribution is 2.25. The molecule has 1 heterocycles. The number of aliphatic hydroxyl groups is 5. The Morgan fingerprint density at radius 3 is 2.23 bits per heavy atom. The molecular weight excluding hydrogens is 416 g/mol. The summed E-state index contributed by atoms with van der Waals surface area (Å²) < 4.78 is 20.7. The maximum Gasteiger partial charge on any atom is 0.350 e. The van der Waals surface area contributed by atoms with Crippen molar-refractivity contribution in [3.63, 3.8) is 0 Å². The van der Waals surface area contributed by atoms with Gasteiger partial charge in [0.1, 0.15) is 42.4 Å². The van der Waals surface area contributed by atoms with Gasteiger partial charge in [0.25, 0.3) is 0 Å². The molecule has 0 aliphatic carbocycles. The lowest BCUT2D eigenvalue weighted by Gasteiger charge is -2.39. The van der Waals surface area contributed by atoms with Crippen LogP contribution in [0.5, 0.6) is 5.75 Å². The van der Waals surface area contributed by atoms with E-state index in [-0.39, 0.29) is 12.4 Å². The fourth-order valence-corrected chi connectivity index (χ4v) is 2.84. The van der Waals surface area contributed by atoms with E-state index in [4.69, 9.17) is 18.9 Å². The number of carbonyl (C=O) groups is 2. The van der Waals surface area contributed by atoms with Gasteiger partial charge < -0.3 is 44.5 Å². The van der Waals surface area contributed by atoms with Crippen molar-refractivity contribution in [1.82, 2.24) is 0 Å². The third-order valence-electron chi connectivity index (χ3n) is 4.54. The van der Waals surface area contributed by atoms with Crippen LogP contribution in [-0.2, 0) is 30.4 Å². The molecule has 0 aromatic heterocycles. The zero-order valence-electron chi connectivity index (χ0n) is 17.4. The number of ether oxygens (including phenoxy) is 4. The highest BCUT2D eigenvalue weighted by atomic mass is 16.7. The summed E-state index contributed by atoms with van der Waals surface area (Å²) in [7, 11) is 0. The lowest BCUT2D eigenvalue weighted by molar-refractivity contribution is -0.277. The number of esters is 2. The molecule has 11 nitrogen and oxygen atoms in total. The van der Waals surface area contributed by atoms with Crippen molar-refractivity contribution in [2.75, 3.05) is 6.61 Å². The Bertz CT molecular complexity index is 740. The van der Waals surface area contributed by atoms with E-state index in [1.165, 1.54) is 26.0 Å². The second-order valence-corrected chi connectivity index (χ2v) is 7.71. The Morgan fingerprint density at radius 2 is 1.71 bits per heavy atom. The van der Waals surface area contributed by atoms with Crippen LogP contribution < -0.4 is 4.74 Å². The lowest BCUT2D eigenvalue weighted by atomic mass is 9.99. The van der Waals surface area contributed by atoms with Crippen molar-refractivity contribution in [1.29, 1.82) is 0 Å². The van der Waals surface area contributed by atoms with Gasteiger partial charge in [-0.05, 0) is 31.5 Å². The van der Waals surface area contributed by atoms with E-state index in [0.717, 1.165) is 6.92 Å². The average Bonchev–Trinajstić information content (AvgIpc) is 2.70. The molecule has 6 atom stereocenters. The summed E-state index contributed by atoms with van der Waals surface area (Å²) in [5.74, 6) is -1.41. The van der Waals surface area contributed by atoms with E-state index in [0.29, 0.717) is 5.56 Å². The molecule has 0 saturated carbocycles. The van der Waals surface area contributed by atoms with E-state index in [1.807, 2.05) is 0 Å². The van der Waals surface area contributed by atoms with Crippen molar-refractivity contribution in [2.24, 2.45) is 0 Å². The first kappa shape index (κ1) is 25.0. The molecule has 1 aromatic carbocycles. The minimum atomic E-state index is -1.63. The largest absolute Gasteiger partial charge is 0.462 e. The molecule has 1 aliphatic heterocycles. The van der Waals surface area contributed by atoms with Crippen LogP contribution >= 0.6 is 0 Å². The number of hydrogen-bond donors (Lipinski definition) is 5. The van der Waals surface area contributed by atoms with Crippen molar-refractivity contribution in [2.45, 2.75) is 69.8 Å². The fourth-order valence-electron chi connectivity index (χ4n) is 2.84. The molecule has 1 saturated heterocycles. The Morgan fingerprint density at radius 1 is 1.10 bits per heavy atom. The third kappa shape index (κ3) is 6.60. The number of hydrogen-bond acceptors (Lipinski definition) is 11. The average molecular weight is 444 g/mol. The standard InChI is InChI=1S/C20H28O11/c1-10(22)29-17(20(2,3)27)18(26)28-9-11-4-6-12(7-5-11)30-19-16(25)15(24)14(23)13(8-21)31-19/h4-7,13-17,19,21,23-25,27H,8-9H2,1-3H3/t13-,14-,15+,16-,17+,19-/m1/s1. The molecule has 174 valence electrons. The van der Waals surface area contributed by atoms with Crippen LogP contribution in [0.4, 0.5) is 0 Å². The smallest absolute Gasteiger partial charge is 0.350 e. The lowest BCUT2D eigenvalue weighted by Crippen LogP contribution is -2.60. The summed E-state index contributed by atoms with van der Waals surface area (Å²) >= 11 is 0. The third-order valence-corrected chi connectivity index (χ3v) is 4.54. The summed E-state index contributed by atoms with van der Waals surface area (Å²) in [5, 5.41) is 48.8. The normalized spacial score (nSPS) is 27.3. The van der Waals surface area contributed by atoms with Crippen LogP contribution in [0.15, 0.2) is 24.3 Å². The van der Waals surface area contributed by atoms with E-state index < -0.39 is 61.0 Å². The first-order valence-corrected chi connectivity index (χ1v) is 9.56. The van der Waals surface area contributed by atoms with Gasteiger partial charge in [-0.15, -0.1) is 0 Å². The van der Waals surface area contributed by atoms with E-state index in [2.05, 4.69) is 0 Å². The summed E-state index contributed by atoms with van der Waals surface area (Å²) in [6.45, 7) is 2.99. The number of aliphatic hydroxyl groups excluding tert-OH is 4. The van der Waals surface area contributed by atoms with E-state index in [1.54, 1.807) is 12.1 Å². The quantitative estimate of drug-likeness (QED) is 0.299. The number of benzene rings is 1. The molecule has 5 N–H and O–H groups in total. The second-order valence-electron chi connectivity index (χ2n) is 7.71. The number of carbonyl (C=O) groups excluding carboxylic acids is 2. The molecular formula is C20H28O11. The molecule has 11 heteroatoms. The van der Waals surface area contributed by atoms with Crippen molar-refractivity contribution in [3.8, 4) is 5.75 Å². The van der Waals surface area contributed by atoms with Crippen LogP contribution in [0.3, 0.4) is 0 Å². The molecule has 0 unspecified atom stereocenters. The van der Waals surface area contributed by atoms with Gasteiger partial charge >= 0.3 is 11.9 Å². The molecule has 0 bridgehead atoms. The summed E-state index contributed by atoms with van der Waals surface area (Å²) in [6, 6.07) is 6.09. The number of rotatable bonds is 8. The van der Waals surface area contributed by atoms with Crippen molar-refractivity contribution >= 4 is 11.9 Å². The zero-order valence-corrected chi connectivity index (χ0v) is 17.4. The molecule has 1 aliphatic rings. The maximum atomic E-state index is 12.2. The van der Waals surface area contributed by atoms with Crippen molar-refractivity contribution < 1.29 is 54.1 Å². The summed E-state index contributed by atoms with van der Waals surface area (Å²) in [4.78, 5) is 23.3. The predicted octanol–water partition coefficient (Wildman–Crippen LogP) is -1.39. The van der Waals surface area contributed by atoms with E-state index >= 15 is 0 Å². The highest BCUT2D eigenvalue weighted by Gasteiger charge is 2.44. The van der Waals surface area contributed by atoms with Gasteiger partial charge in [-0.3, -0.25) is 4.79 Å². The van der Waals surface area contributed by atoms with E-state index in [9.17, 15) is 35.1 Å². The van der Waals surface area contributed by atoms with Gasteiger partial charge in [0, 0.05) is 6.92 Å². The zero-order chi connectivity index (χ0) is 23.3. The minimum absolute atomic E-state index is 0.174. The maximum absolute atomic E-state index is 12.2. The molecule has 31 heavy (non-hydrogen) atoms. The molecule has 0 radical (unpaired) electrons. The first-order chi connectivity index (χ1) is 14.4. The molecule has 2 rings (SSSR count). The molecule has 1 aromatic rings. The van der Waals surface area contributed by atoms with Gasteiger partial charge in [-0.2, -0.15) is 0 Å². The fraction of sp³-hybridized carbons (Fsp3) is 0.600. The Balaban J connectivity index is 1.96. The van der Waals surface area contributed by atoms with Crippen LogP contribution in [0.1, 0.15) is 26.3 Å². The first-order valence-electron chi connectivity index (χ1n) is 9.56. The Labute approximate surface area is 178 Å². The Kier molecular flexibility index (Phi) is 8.34. The topological polar surface area (TPSA) is 172 Å². The van der Waals surface area contributed by atoms with Crippen LogP contribution in [0, 0.1) is 0 Å². The van der Waals surface area contributed by atoms with Gasteiger partial charge in [0.2, 0.25) is 12.4 Å². The predicted molar refractivity (Wildman–Crippen MR) is 102 cm³/mol. The van der Waals surface area contributed by atoms with Crippen molar-refractivity contribution in [3.05, 3.63) is 29.8 Å². The van der Waals surface area contributed by atoms with Gasteiger partial charge in [0.05, 0.1) is 6.61 Å². The summed E-state index contributed by atoms with van der Waals surface area (Å²) in [6.07, 6.45) is -8.50. The molecule has 0 amide bonds. The van der Waals surface area contributed by atoms with Gasteiger partial charge in [-0.1, -0.05) is 12.1 Å². The van der Waals surface area contributed by atoms with Crippen LogP contribution in [0.2, 0.25) is 0 Å². The SMILES string of the molecule is CC(=O)O[C@@H](C(=O)OCc1ccc(O[C@@H]2O[C@H](CO)[C@@H](O)[C@H](O)[C@H]2O)cc1)C(C)(C)O. The monoisotopic (exact) mass is 444 g/mol. The molecule has 1 fully saturated rings. The van der Waals surface area contributed by atoms with Crippen LogP contribution in [-0.4, -0.2) is 86.5 Å². The Hall–Kier alpha value is -2.28.